The van der Waals surface area contributed by atoms with Crippen LogP contribution in [0.2, 0.25) is 0 Å². The lowest BCUT2D eigenvalue weighted by Crippen LogP contribution is -2.58. The van der Waals surface area contributed by atoms with Crippen molar-refractivity contribution in [3.05, 3.63) is 66.0 Å². The highest BCUT2D eigenvalue weighted by molar-refractivity contribution is 7.98. The van der Waals surface area contributed by atoms with Gasteiger partial charge in [0.15, 0.2) is 5.82 Å². The number of nitrogens with one attached hydrogen (secondary N) is 4. The van der Waals surface area contributed by atoms with Gasteiger partial charge in [0.1, 0.15) is 18.1 Å². The number of aryl methyl sites for hydroxylation is 1. The third-order valence-electron chi connectivity index (χ3n) is 6.21. The smallest absolute Gasteiger partial charge is 0.407 e. The molecule has 3 aromatic rings. The van der Waals surface area contributed by atoms with Crippen LogP contribution >= 0.6 is 11.8 Å². The Morgan fingerprint density at radius 2 is 1.61 bits per heavy atom. The van der Waals surface area contributed by atoms with Crippen LogP contribution in [0.3, 0.4) is 0 Å². The van der Waals surface area contributed by atoms with Crippen LogP contribution in [0.5, 0.6) is 0 Å². The number of para-hydroxylation sites is 1. The molecule has 0 fully saturated rings. The standard InChI is InChI=1S/C30H42N8O5S/c1-19-35-37-26(38-36-19)21-13-11-20(12-14-21)17-24(33-25(39)18-31-29(42)43-30(2,3)4)28(41)34-23(15-16-44-5)27(40)32-22-9-7-6-8-10-22/h6-14,23-25,28,33-34,39,41H,15-18H2,1-5H3,(H,31,42)(H,32,40). The van der Waals surface area contributed by atoms with Crippen molar-refractivity contribution in [3.63, 3.8) is 0 Å². The maximum absolute atomic E-state index is 13.2. The molecule has 0 saturated carbocycles. The van der Waals surface area contributed by atoms with Crippen LogP contribution in [-0.2, 0) is 16.0 Å². The fraction of sp³-hybridized carbons (Fsp3) is 0.467. The van der Waals surface area contributed by atoms with Gasteiger partial charge in [-0.1, -0.05) is 42.5 Å². The number of carbonyl (C=O) groups excluding carboxylic acids is 2. The van der Waals surface area contributed by atoms with Crippen LogP contribution in [0.1, 0.15) is 38.6 Å². The van der Waals surface area contributed by atoms with Crippen molar-refractivity contribution in [1.29, 1.82) is 0 Å². The molecular formula is C30H42N8O5S. The molecule has 0 bridgehead atoms. The van der Waals surface area contributed by atoms with Crippen molar-refractivity contribution in [1.82, 2.24) is 36.3 Å². The summed E-state index contributed by atoms with van der Waals surface area (Å²) in [5, 5.41) is 49.6. The largest absolute Gasteiger partial charge is 0.444 e. The first-order chi connectivity index (χ1) is 20.9. The maximum Gasteiger partial charge on any atom is 0.407 e. The highest BCUT2D eigenvalue weighted by atomic mass is 32.2. The Kier molecular flexibility index (Phi) is 13.4. The molecule has 0 aliphatic rings. The molecule has 14 heteroatoms. The van der Waals surface area contributed by atoms with Gasteiger partial charge in [0.05, 0.1) is 18.6 Å². The first-order valence-electron chi connectivity index (χ1n) is 14.3. The summed E-state index contributed by atoms with van der Waals surface area (Å²) < 4.78 is 5.24. The van der Waals surface area contributed by atoms with Crippen molar-refractivity contribution >= 4 is 29.4 Å². The normalized spacial score (nSPS) is 14.2. The predicted octanol–water partition coefficient (Wildman–Crippen LogP) is 2.25. The monoisotopic (exact) mass is 626 g/mol. The van der Waals surface area contributed by atoms with Gasteiger partial charge in [-0.25, -0.2) is 4.79 Å². The van der Waals surface area contributed by atoms with E-state index in [0.717, 1.165) is 5.56 Å². The fourth-order valence-electron chi connectivity index (χ4n) is 4.10. The molecule has 6 N–H and O–H groups in total. The predicted molar refractivity (Wildman–Crippen MR) is 170 cm³/mol. The van der Waals surface area contributed by atoms with Gasteiger partial charge in [0, 0.05) is 11.3 Å². The molecule has 238 valence electrons. The quantitative estimate of drug-likeness (QED) is 0.136. The molecule has 0 spiro atoms. The summed E-state index contributed by atoms with van der Waals surface area (Å²) in [6, 6.07) is 14.9. The number of hydrogen-bond acceptors (Lipinski definition) is 12. The zero-order valence-electron chi connectivity index (χ0n) is 25.7. The van der Waals surface area contributed by atoms with Crippen LogP contribution in [-0.4, -0.2) is 91.3 Å². The number of ether oxygens (including phenoxy) is 1. The molecule has 4 unspecified atom stereocenters. The number of aliphatic hydroxyl groups is 2. The van der Waals surface area contributed by atoms with Gasteiger partial charge in [-0.15, -0.1) is 20.4 Å². The second kappa shape index (κ2) is 17.0. The maximum atomic E-state index is 13.2. The van der Waals surface area contributed by atoms with Gasteiger partial charge in [0.25, 0.3) is 0 Å². The summed E-state index contributed by atoms with van der Waals surface area (Å²) in [4.78, 5) is 25.3. The molecule has 4 atom stereocenters. The number of anilines is 1. The highest BCUT2D eigenvalue weighted by Crippen LogP contribution is 2.17. The molecule has 44 heavy (non-hydrogen) atoms. The van der Waals surface area contributed by atoms with Crippen LogP contribution in [0.15, 0.2) is 54.6 Å². The average molecular weight is 627 g/mol. The minimum atomic E-state index is -1.26. The van der Waals surface area contributed by atoms with E-state index in [-0.39, 0.29) is 18.9 Å². The first kappa shape index (κ1) is 34.8. The van der Waals surface area contributed by atoms with E-state index >= 15 is 0 Å². The van der Waals surface area contributed by atoms with Gasteiger partial charge in [-0.05, 0) is 70.2 Å². The number of carbonyl (C=O) groups is 2. The van der Waals surface area contributed by atoms with Gasteiger partial charge in [-0.2, -0.15) is 11.8 Å². The molecule has 0 aliphatic heterocycles. The van der Waals surface area contributed by atoms with Gasteiger partial charge >= 0.3 is 6.09 Å². The zero-order chi connectivity index (χ0) is 32.1. The molecule has 1 aromatic heterocycles. The van der Waals surface area contributed by atoms with Gasteiger partial charge in [-0.3, -0.25) is 15.4 Å². The fourth-order valence-corrected chi connectivity index (χ4v) is 4.57. The lowest BCUT2D eigenvalue weighted by atomic mass is 10.0. The van der Waals surface area contributed by atoms with E-state index in [9.17, 15) is 19.8 Å². The van der Waals surface area contributed by atoms with E-state index in [1.54, 1.807) is 51.6 Å². The molecule has 0 aliphatic carbocycles. The average Bonchev–Trinajstić information content (AvgIpc) is 2.98. The third kappa shape index (κ3) is 12.1. The Morgan fingerprint density at radius 3 is 2.23 bits per heavy atom. The first-order valence-corrected chi connectivity index (χ1v) is 15.7. The topological polar surface area (TPSA) is 184 Å². The number of aromatic nitrogens is 4. The second-order valence-corrected chi connectivity index (χ2v) is 12.1. The Labute approximate surface area is 262 Å². The van der Waals surface area contributed by atoms with Crippen molar-refractivity contribution in [2.24, 2.45) is 0 Å². The van der Waals surface area contributed by atoms with E-state index in [1.807, 2.05) is 48.7 Å². The van der Waals surface area contributed by atoms with Crippen LogP contribution in [0, 0.1) is 6.92 Å². The molecule has 2 amide bonds. The lowest BCUT2D eigenvalue weighted by Gasteiger charge is -2.31. The van der Waals surface area contributed by atoms with Crippen molar-refractivity contribution in [3.8, 4) is 11.4 Å². The highest BCUT2D eigenvalue weighted by Gasteiger charge is 2.28. The Hall–Kier alpha value is -3.69. The minimum Gasteiger partial charge on any atom is -0.444 e. The van der Waals surface area contributed by atoms with Crippen molar-refractivity contribution < 1.29 is 24.5 Å². The number of benzene rings is 2. The number of alkyl carbamates (subject to hydrolysis) is 1. The van der Waals surface area contributed by atoms with Crippen LogP contribution in [0.25, 0.3) is 11.4 Å². The molecule has 1 heterocycles. The molecule has 0 saturated heterocycles. The summed E-state index contributed by atoms with van der Waals surface area (Å²) >= 11 is 1.59. The molecule has 3 rings (SSSR count). The molecular weight excluding hydrogens is 584 g/mol. The van der Waals surface area contributed by atoms with E-state index in [0.29, 0.717) is 35.1 Å². The summed E-state index contributed by atoms with van der Waals surface area (Å²) in [5.74, 6) is 1.23. The lowest BCUT2D eigenvalue weighted by molar-refractivity contribution is -0.119. The summed E-state index contributed by atoms with van der Waals surface area (Å²) in [6.07, 6.45) is -0.505. The van der Waals surface area contributed by atoms with E-state index in [2.05, 4.69) is 41.7 Å². The number of nitrogens with zero attached hydrogens (tertiary/aromatic N) is 4. The molecule has 0 radical (unpaired) electrons. The third-order valence-corrected chi connectivity index (χ3v) is 6.86. The number of rotatable bonds is 15. The van der Waals surface area contributed by atoms with E-state index in [4.69, 9.17) is 4.74 Å². The molecule has 2 aromatic carbocycles. The second-order valence-electron chi connectivity index (χ2n) is 11.1. The van der Waals surface area contributed by atoms with Crippen molar-refractivity contribution in [2.75, 3.05) is 23.9 Å². The Balaban J connectivity index is 1.75. The van der Waals surface area contributed by atoms with Crippen LogP contribution < -0.4 is 21.3 Å². The Morgan fingerprint density at radius 1 is 0.955 bits per heavy atom. The minimum absolute atomic E-state index is 0.174. The number of thioether (sulfide) groups is 1. The number of hydrogen-bond donors (Lipinski definition) is 6. The van der Waals surface area contributed by atoms with Crippen LogP contribution in [0.4, 0.5) is 10.5 Å². The number of aliphatic hydroxyl groups excluding tert-OH is 2. The van der Waals surface area contributed by atoms with E-state index < -0.39 is 36.2 Å². The van der Waals surface area contributed by atoms with Crippen molar-refractivity contribution in [2.45, 2.75) is 70.7 Å². The zero-order valence-corrected chi connectivity index (χ0v) is 26.5. The summed E-state index contributed by atoms with van der Waals surface area (Å²) in [6.45, 7) is 6.75. The number of amides is 2. The van der Waals surface area contributed by atoms with Gasteiger partial charge in [0.2, 0.25) is 11.7 Å². The molecule has 13 nitrogen and oxygen atoms in total. The summed E-state index contributed by atoms with van der Waals surface area (Å²) in [7, 11) is 0. The SMILES string of the molecule is CSCCC(NC(O)C(Cc1ccc(-c2nnc(C)nn2)cc1)NC(O)CNC(=O)OC(C)(C)C)C(=O)Nc1ccccc1. The van der Waals surface area contributed by atoms with Gasteiger partial charge < -0.3 is 25.6 Å². The van der Waals surface area contributed by atoms with E-state index in [1.165, 1.54) is 0 Å². The Bertz CT molecular complexity index is 1310. The summed E-state index contributed by atoms with van der Waals surface area (Å²) in [5.41, 5.74) is 1.48.